The number of nitrogens with zero attached hydrogens (tertiary/aromatic N) is 2. The average Bonchev–Trinajstić information content (AvgIpc) is 2.71. The molecule has 0 saturated heterocycles. The van der Waals surface area contributed by atoms with Gasteiger partial charge in [0.15, 0.2) is 0 Å². The SMILES string of the molecule is C=CCn1c(=O)c(=O)n(CCC(=O)NCc2ccc(C)cc2)c2ccccc21. The highest BCUT2D eigenvalue weighted by Gasteiger charge is 2.13. The Bertz CT molecular complexity index is 1120. The lowest BCUT2D eigenvalue weighted by Gasteiger charge is -2.14. The lowest BCUT2D eigenvalue weighted by molar-refractivity contribution is -0.121. The number of carbonyl (C=O) groups is 1. The van der Waals surface area contributed by atoms with Gasteiger partial charge in [0.05, 0.1) is 11.0 Å². The summed E-state index contributed by atoms with van der Waals surface area (Å²) in [6.07, 6.45) is 1.69. The van der Waals surface area contributed by atoms with Gasteiger partial charge in [-0.05, 0) is 24.6 Å². The van der Waals surface area contributed by atoms with E-state index in [4.69, 9.17) is 0 Å². The van der Waals surface area contributed by atoms with E-state index in [0.29, 0.717) is 17.6 Å². The van der Waals surface area contributed by atoms with E-state index in [1.54, 1.807) is 24.3 Å². The van der Waals surface area contributed by atoms with Crippen molar-refractivity contribution in [3.63, 3.8) is 0 Å². The van der Waals surface area contributed by atoms with Gasteiger partial charge >= 0.3 is 11.1 Å². The molecule has 0 radical (unpaired) electrons. The lowest BCUT2D eigenvalue weighted by Crippen LogP contribution is -2.42. The molecule has 0 spiro atoms. The van der Waals surface area contributed by atoms with E-state index >= 15 is 0 Å². The summed E-state index contributed by atoms with van der Waals surface area (Å²) in [4.78, 5) is 37.3. The van der Waals surface area contributed by atoms with Crippen molar-refractivity contribution in [2.45, 2.75) is 33.0 Å². The average molecular weight is 377 g/mol. The quantitative estimate of drug-likeness (QED) is 0.507. The van der Waals surface area contributed by atoms with Gasteiger partial charge in [-0.3, -0.25) is 19.0 Å². The number of para-hydroxylation sites is 2. The van der Waals surface area contributed by atoms with Crippen LogP contribution in [-0.4, -0.2) is 15.0 Å². The fraction of sp³-hybridized carbons (Fsp3) is 0.227. The number of aromatic nitrogens is 2. The van der Waals surface area contributed by atoms with Crippen LogP contribution in [0, 0.1) is 6.92 Å². The van der Waals surface area contributed by atoms with Crippen molar-refractivity contribution < 1.29 is 4.79 Å². The molecule has 0 fully saturated rings. The van der Waals surface area contributed by atoms with Gasteiger partial charge in [0.25, 0.3) is 0 Å². The van der Waals surface area contributed by atoms with Gasteiger partial charge < -0.3 is 9.88 Å². The Kier molecular flexibility index (Phi) is 5.89. The minimum atomic E-state index is -0.633. The number of hydrogen-bond acceptors (Lipinski definition) is 3. The number of allylic oxidation sites excluding steroid dienone is 1. The first-order chi connectivity index (χ1) is 13.5. The molecule has 0 aliphatic heterocycles. The first-order valence-electron chi connectivity index (χ1n) is 9.17. The number of benzene rings is 2. The minimum absolute atomic E-state index is 0.112. The normalized spacial score (nSPS) is 10.8. The molecular weight excluding hydrogens is 354 g/mol. The van der Waals surface area contributed by atoms with E-state index in [1.807, 2.05) is 37.3 Å². The Labute approximate surface area is 162 Å². The molecule has 0 atom stereocenters. The van der Waals surface area contributed by atoms with Crippen molar-refractivity contribution in [1.29, 1.82) is 0 Å². The molecule has 0 bridgehead atoms. The summed E-state index contributed by atoms with van der Waals surface area (Å²) in [6, 6.07) is 15.1. The molecule has 28 heavy (non-hydrogen) atoms. The topological polar surface area (TPSA) is 73.1 Å². The van der Waals surface area contributed by atoms with Gasteiger partial charge in [0, 0.05) is 26.1 Å². The molecule has 0 aliphatic carbocycles. The molecule has 0 unspecified atom stereocenters. The summed E-state index contributed by atoms with van der Waals surface area (Å²) in [5.74, 6) is -0.174. The summed E-state index contributed by atoms with van der Waals surface area (Å²) in [7, 11) is 0. The van der Waals surface area contributed by atoms with Gasteiger partial charge in [-0.25, -0.2) is 0 Å². The molecule has 1 aromatic heterocycles. The monoisotopic (exact) mass is 377 g/mol. The Balaban J connectivity index is 1.78. The number of hydrogen-bond donors (Lipinski definition) is 1. The molecule has 144 valence electrons. The molecule has 0 saturated carbocycles. The zero-order valence-electron chi connectivity index (χ0n) is 15.9. The molecule has 6 heteroatoms. The zero-order chi connectivity index (χ0) is 20.1. The third kappa shape index (κ3) is 4.11. The number of carbonyl (C=O) groups excluding carboxylic acids is 1. The van der Waals surface area contributed by atoms with Gasteiger partial charge in [0.1, 0.15) is 0 Å². The molecule has 3 rings (SSSR count). The first kappa shape index (κ1) is 19.4. The highest BCUT2D eigenvalue weighted by Crippen LogP contribution is 2.11. The third-order valence-electron chi connectivity index (χ3n) is 4.62. The predicted molar refractivity (Wildman–Crippen MR) is 110 cm³/mol. The molecule has 2 aromatic carbocycles. The van der Waals surface area contributed by atoms with Gasteiger partial charge in [-0.1, -0.05) is 48.0 Å². The van der Waals surface area contributed by atoms with Crippen LogP contribution in [-0.2, 0) is 24.4 Å². The van der Waals surface area contributed by atoms with Crippen LogP contribution in [0.5, 0.6) is 0 Å². The second kappa shape index (κ2) is 8.52. The van der Waals surface area contributed by atoms with Crippen LogP contribution in [0.3, 0.4) is 0 Å². The van der Waals surface area contributed by atoms with Crippen LogP contribution in [0.15, 0.2) is 70.8 Å². The Morgan fingerprint density at radius 1 is 1.00 bits per heavy atom. The van der Waals surface area contributed by atoms with Crippen LogP contribution in [0.1, 0.15) is 17.5 Å². The highest BCUT2D eigenvalue weighted by atomic mass is 16.2. The number of rotatable bonds is 7. The standard InChI is InChI=1S/C22H23N3O3/c1-3-13-24-18-6-4-5-7-19(18)25(22(28)21(24)27)14-12-20(26)23-15-17-10-8-16(2)9-11-17/h3-11H,1,12-15H2,2H3,(H,23,26). The summed E-state index contributed by atoms with van der Waals surface area (Å²) in [5.41, 5.74) is 2.19. The van der Waals surface area contributed by atoms with Gasteiger partial charge in [-0.15, -0.1) is 6.58 Å². The van der Waals surface area contributed by atoms with Crippen LogP contribution in [0.2, 0.25) is 0 Å². The molecule has 1 amide bonds. The second-order valence-electron chi connectivity index (χ2n) is 6.66. The lowest BCUT2D eigenvalue weighted by atomic mass is 10.1. The van der Waals surface area contributed by atoms with Crippen molar-refractivity contribution in [2.24, 2.45) is 0 Å². The maximum absolute atomic E-state index is 12.6. The van der Waals surface area contributed by atoms with E-state index in [2.05, 4.69) is 11.9 Å². The van der Waals surface area contributed by atoms with Crippen LogP contribution < -0.4 is 16.4 Å². The number of nitrogens with one attached hydrogen (secondary N) is 1. The molecule has 3 aromatic rings. The molecular formula is C22H23N3O3. The minimum Gasteiger partial charge on any atom is -0.352 e. The molecule has 1 N–H and O–H groups in total. The van der Waals surface area contributed by atoms with Crippen molar-refractivity contribution in [2.75, 3.05) is 0 Å². The Morgan fingerprint density at radius 2 is 1.61 bits per heavy atom. The molecule has 6 nitrogen and oxygen atoms in total. The predicted octanol–water partition coefficient (Wildman–Crippen LogP) is 2.36. The largest absolute Gasteiger partial charge is 0.352 e. The smallest absolute Gasteiger partial charge is 0.317 e. The van der Waals surface area contributed by atoms with E-state index in [9.17, 15) is 14.4 Å². The maximum Gasteiger partial charge on any atom is 0.317 e. The summed E-state index contributed by atoms with van der Waals surface area (Å²) < 4.78 is 2.78. The summed E-state index contributed by atoms with van der Waals surface area (Å²) in [6.45, 7) is 6.48. The highest BCUT2D eigenvalue weighted by molar-refractivity contribution is 5.77. The van der Waals surface area contributed by atoms with Crippen molar-refractivity contribution in [3.05, 3.63) is 93.0 Å². The van der Waals surface area contributed by atoms with Crippen molar-refractivity contribution >= 4 is 16.9 Å². The van der Waals surface area contributed by atoms with Crippen LogP contribution in [0.4, 0.5) is 0 Å². The van der Waals surface area contributed by atoms with Crippen LogP contribution in [0.25, 0.3) is 11.0 Å². The van der Waals surface area contributed by atoms with E-state index in [0.717, 1.165) is 11.1 Å². The van der Waals surface area contributed by atoms with E-state index < -0.39 is 11.1 Å². The Morgan fingerprint density at radius 3 is 2.25 bits per heavy atom. The molecule has 1 heterocycles. The number of fused-ring (bicyclic) bond motifs is 1. The number of aryl methyl sites for hydroxylation is 2. The fourth-order valence-electron chi connectivity index (χ4n) is 3.11. The van der Waals surface area contributed by atoms with E-state index in [-0.39, 0.29) is 25.4 Å². The third-order valence-corrected chi connectivity index (χ3v) is 4.62. The van der Waals surface area contributed by atoms with Gasteiger partial charge in [0.2, 0.25) is 5.91 Å². The van der Waals surface area contributed by atoms with Crippen molar-refractivity contribution in [1.82, 2.24) is 14.5 Å². The van der Waals surface area contributed by atoms with Crippen LogP contribution >= 0.6 is 0 Å². The van der Waals surface area contributed by atoms with Gasteiger partial charge in [-0.2, -0.15) is 0 Å². The fourth-order valence-corrected chi connectivity index (χ4v) is 3.11. The summed E-state index contributed by atoms with van der Waals surface area (Å²) >= 11 is 0. The second-order valence-corrected chi connectivity index (χ2v) is 6.66. The summed E-state index contributed by atoms with van der Waals surface area (Å²) in [5, 5.41) is 2.85. The van der Waals surface area contributed by atoms with E-state index in [1.165, 1.54) is 9.13 Å². The number of amides is 1. The first-order valence-corrected chi connectivity index (χ1v) is 9.17. The van der Waals surface area contributed by atoms with Crippen molar-refractivity contribution in [3.8, 4) is 0 Å². The zero-order valence-corrected chi connectivity index (χ0v) is 15.9. The Hall–Kier alpha value is -3.41. The molecule has 0 aliphatic rings. The maximum atomic E-state index is 12.6.